The number of anilines is 2. The highest BCUT2D eigenvalue weighted by Crippen LogP contribution is 2.39. The Bertz CT molecular complexity index is 1910. The van der Waals surface area contributed by atoms with Gasteiger partial charge >= 0.3 is 0 Å². The van der Waals surface area contributed by atoms with Gasteiger partial charge < -0.3 is 30.9 Å². The van der Waals surface area contributed by atoms with E-state index in [9.17, 15) is 14.7 Å². The predicted octanol–water partition coefficient (Wildman–Crippen LogP) is 7.98. The molecule has 0 spiro atoms. The van der Waals surface area contributed by atoms with Gasteiger partial charge in [-0.25, -0.2) is 4.98 Å². The van der Waals surface area contributed by atoms with Crippen molar-refractivity contribution in [2.45, 2.75) is 68.8 Å². The molecule has 9 nitrogen and oxygen atoms in total. The van der Waals surface area contributed by atoms with E-state index in [4.69, 9.17) is 15.2 Å². The Hall–Kier alpha value is -5.00. The summed E-state index contributed by atoms with van der Waals surface area (Å²) in [4.78, 5) is 29.2. The van der Waals surface area contributed by atoms with Crippen LogP contribution in [-0.2, 0) is 32.2 Å². The maximum Gasteiger partial charge on any atom is 0.224 e. The largest absolute Gasteiger partial charge is 0.397 e. The van der Waals surface area contributed by atoms with Crippen LogP contribution in [0, 0.1) is 0 Å². The Balaban J connectivity index is 1.02. The second-order valence-electron chi connectivity index (χ2n) is 12.8. The monoisotopic (exact) mass is 716 g/mol. The number of aromatic nitrogens is 1. The number of aliphatic hydroxyl groups excluding tert-OH is 1. The fourth-order valence-corrected chi connectivity index (χ4v) is 6.89. The summed E-state index contributed by atoms with van der Waals surface area (Å²) in [5, 5.41) is 16.3. The third kappa shape index (κ3) is 10.5. The van der Waals surface area contributed by atoms with Crippen LogP contribution in [0.2, 0.25) is 0 Å². The van der Waals surface area contributed by atoms with E-state index in [0.717, 1.165) is 44.2 Å². The molecule has 268 valence electrons. The minimum atomic E-state index is -0.543. The standard InChI is InChI=1S/C42H44N4O5S/c43-36-10-1-2-11-37(36)46-40(49)13-4-3-12-39(48)45-26-30-8-7-9-34(24-30)31-19-21-33(22-20-31)42-50-35(28-52-41-14-5-6-23-44-41)25-38(51-42)32-17-15-29(27-47)16-18-32/h1-2,5-11,14-24,35,38,42,47H,3-4,12-13,25-28,43H2,(H,45,48)(H,46,49)/t35-,38+,42+/m0/s1. The van der Waals surface area contributed by atoms with Gasteiger partial charge in [0.25, 0.3) is 0 Å². The first-order chi connectivity index (χ1) is 25.4. The summed E-state index contributed by atoms with van der Waals surface area (Å²) in [7, 11) is 0. The number of ether oxygens (including phenoxy) is 2. The lowest BCUT2D eigenvalue weighted by Crippen LogP contribution is -2.31. The van der Waals surface area contributed by atoms with E-state index < -0.39 is 6.29 Å². The van der Waals surface area contributed by atoms with Crippen molar-refractivity contribution < 1.29 is 24.2 Å². The van der Waals surface area contributed by atoms with Crippen molar-refractivity contribution in [3.63, 3.8) is 0 Å². The minimum absolute atomic E-state index is 0.000333. The van der Waals surface area contributed by atoms with Crippen LogP contribution in [0.15, 0.2) is 126 Å². The quantitative estimate of drug-likeness (QED) is 0.0487. The van der Waals surface area contributed by atoms with Gasteiger partial charge in [0.15, 0.2) is 6.29 Å². The molecule has 3 atom stereocenters. The molecule has 6 rings (SSSR count). The molecule has 1 saturated heterocycles. The summed E-state index contributed by atoms with van der Waals surface area (Å²) in [5.41, 5.74) is 12.9. The number of nitrogens with zero attached hydrogens (tertiary/aromatic N) is 1. The van der Waals surface area contributed by atoms with Gasteiger partial charge in [-0.3, -0.25) is 9.59 Å². The molecule has 4 aromatic carbocycles. The number of amides is 2. The van der Waals surface area contributed by atoms with Crippen LogP contribution >= 0.6 is 11.8 Å². The number of nitrogens with two attached hydrogens (primary N) is 1. The third-order valence-electron chi connectivity index (χ3n) is 8.90. The van der Waals surface area contributed by atoms with E-state index in [0.29, 0.717) is 50.0 Å². The van der Waals surface area contributed by atoms with Crippen molar-refractivity contribution in [1.82, 2.24) is 10.3 Å². The summed E-state index contributed by atoms with van der Waals surface area (Å²) < 4.78 is 13.0. The highest BCUT2D eigenvalue weighted by Gasteiger charge is 2.32. The van der Waals surface area contributed by atoms with Crippen molar-refractivity contribution in [1.29, 1.82) is 0 Å². The summed E-state index contributed by atoms with van der Waals surface area (Å²) in [6, 6.07) is 37.3. The van der Waals surface area contributed by atoms with Crippen LogP contribution in [-0.4, -0.2) is 33.8 Å². The van der Waals surface area contributed by atoms with Gasteiger partial charge in [-0.1, -0.05) is 84.9 Å². The molecule has 5 aromatic rings. The van der Waals surface area contributed by atoms with Crippen LogP contribution in [0.25, 0.3) is 11.1 Å². The van der Waals surface area contributed by atoms with Crippen molar-refractivity contribution in [2.24, 2.45) is 0 Å². The number of nitrogen functional groups attached to an aromatic ring is 1. The highest BCUT2D eigenvalue weighted by atomic mass is 32.2. The number of benzene rings is 4. The number of hydrogen-bond donors (Lipinski definition) is 4. The molecule has 10 heteroatoms. The van der Waals surface area contributed by atoms with Crippen LogP contribution in [0.5, 0.6) is 0 Å². The van der Waals surface area contributed by atoms with Gasteiger partial charge in [0, 0.05) is 43.3 Å². The molecular weight excluding hydrogens is 673 g/mol. The number of para-hydroxylation sites is 2. The van der Waals surface area contributed by atoms with Crippen LogP contribution < -0.4 is 16.4 Å². The average molecular weight is 717 g/mol. The van der Waals surface area contributed by atoms with E-state index in [2.05, 4.69) is 39.9 Å². The third-order valence-corrected chi connectivity index (χ3v) is 9.97. The first-order valence-corrected chi connectivity index (χ1v) is 18.6. The molecule has 0 bridgehead atoms. The maximum absolute atomic E-state index is 12.6. The number of hydrogen-bond acceptors (Lipinski definition) is 8. The maximum atomic E-state index is 12.6. The lowest BCUT2D eigenvalue weighted by Gasteiger charge is -2.36. The number of pyridine rings is 1. The second-order valence-corrected chi connectivity index (χ2v) is 13.8. The van der Waals surface area contributed by atoms with Crippen molar-refractivity contribution >= 4 is 35.0 Å². The summed E-state index contributed by atoms with van der Waals surface area (Å²) >= 11 is 1.67. The van der Waals surface area contributed by atoms with Crippen molar-refractivity contribution in [3.8, 4) is 11.1 Å². The molecule has 1 fully saturated rings. The number of aliphatic hydroxyl groups is 1. The average Bonchev–Trinajstić information content (AvgIpc) is 3.19. The molecule has 52 heavy (non-hydrogen) atoms. The topological polar surface area (TPSA) is 136 Å². The normalized spacial score (nSPS) is 17.0. The van der Waals surface area contributed by atoms with Crippen LogP contribution in [0.3, 0.4) is 0 Å². The van der Waals surface area contributed by atoms with Gasteiger partial charge in [0.05, 0.1) is 35.2 Å². The molecule has 0 unspecified atom stereocenters. The molecule has 2 heterocycles. The zero-order chi connectivity index (χ0) is 36.1. The molecule has 0 saturated carbocycles. The minimum Gasteiger partial charge on any atom is -0.397 e. The molecule has 2 amide bonds. The lowest BCUT2D eigenvalue weighted by atomic mass is 9.99. The second kappa shape index (κ2) is 18.5. The molecule has 5 N–H and O–H groups in total. The molecule has 1 aliphatic rings. The molecule has 1 aliphatic heterocycles. The number of rotatable bonds is 15. The smallest absolute Gasteiger partial charge is 0.224 e. The highest BCUT2D eigenvalue weighted by molar-refractivity contribution is 7.99. The Morgan fingerprint density at radius 1 is 0.788 bits per heavy atom. The summed E-state index contributed by atoms with van der Waals surface area (Å²) in [6.45, 7) is 0.418. The Kier molecular flexibility index (Phi) is 13.1. The Morgan fingerprint density at radius 3 is 2.29 bits per heavy atom. The van der Waals surface area contributed by atoms with E-state index in [-0.39, 0.29) is 30.6 Å². The van der Waals surface area contributed by atoms with Crippen molar-refractivity contribution in [3.05, 3.63) is 144 Å². The van der Waals surface area contributed by atoms with Gasteiger partial charge in [-0.15, -0.1) is 11.8 Å². The van der Waals surface area contributed by atoms with Crippen LogP contribution in [0.4, 0.5) is 11.4 Å². The fraction of sp³-hybridized carbons (Fsp3) is 0.262. The van der Waals surface area contributed by atoms with Gasteiger partial charge in [-0.05, 0) is 71.0 Å². The first kappa shape index (κ1) is 36.8. The first-order valence-electron chi connectivity index (χ1n) is 17.6. The van der Waals surface area contributed by atoms with E-state index in [1.807, 2.05) is 78.9 Å². The zero-order valence-electron chi connectivity index (χ0n) is 28.9. The van der Waals surface area contributed by atoms with Crippen LogP contribution in [0.1, 0.15) is 66.8 Å². The van der Waals surface area contributed by atoms with E-state index >= 15 is 0 Å². The Labute approximate surface area is 309 Å². The SMILES string of the molecule is Nc1ccccc1NC(=O)CCCCC(=O)NCc1cccc(-c2ccc([C@@H]3O[C@H](CSc4ccccn4)C[C@H](c4ccc(CO)cc4)O3)cc2)c1. The predicted molar refractivity (Wildman–Crippen MR) is 205 cm³/mol. The molecule has 1 aromatic heterocycles. The van der Waals surface area contributed by atoms with E-state index in [1.165, 1.54) is 0 Å². The summed E-state index contributed by atoms with van der Waals surface area (Å²) in [6.07, 6.45) is 3.65. The molecular formula is C42H44N4O5S. The fourth-order valence-electron chi connectivity index (χ4n) is 6.01. The molecule has 0 aliphatic carbocycles. The van der Waals surface area contributed by atoms with Gasteiger partial charge in [-0.2, -0.15) is 0 Å². The zero-order valence-corrected chi connectivity index (χ0v) is 29.8. The number of carbonyl (C=O) groups excluding carboxylic acids is 2. The number of unbranched alkanes of at least 4 members (excludes halogenated alkanes) is 1. The number of carbonyl (C=O) groups is 2. The molecule has 0 radical (unpaired) electrons. The number of nitrogens with one attached hydrogen (secondary N) is 2. The number of thioether (sulfide) groups is 1. The summed E-state index contributed by atoms with van der Waals surface area (Å²) in [5.74, 6) is 0.580. The van der Waals surface area contributed by atoms with Gasteiger partial charge in [0.1, 0.15) is 0 Å². The Morgan fingerprint density at radius 2 is 1.54 bits per heavy atom. The van der Waals surface area contributed by atoms with Crippen molar-refractivity contribution in [2.75, 3.05) is 16.8 Å². The lowest BCUT2D eigenvalue weighted by molar-refractivity contribution is -0.245. The van der Waals surface area contributed by atoms with Gasteiger partial charge in [0.2, 0.25) is 11.8 Å². The van der Waals surface area contributed by atoms with E-state index in [1.54, 1.807) is 30.1 Å².